The first-order valence-corrected chi connectivity index (χ1v) is 10.7. The molecule has 0 aliphatic carbocycles. The monoisotopic (exact) mass is 426 g/mol. The summed E-state index contributed by atoms with van der Waals surface area (Å²) in [5, 5.41) is 2.71. The molecule has 0 spiro atoms. The van der Waals surface area contributed by atoms with E-state index in [1.54, 1.807) is 25.4 Å². The van der Waals surface area contributed by atoms with Gasteiger partial charge in [0.25, 0.3) is 0 Å². The highest BCUT2D eigenvalue weighted by atomic mass is 16.5. The maximum atomic E-state index is 13.0. The van der Waals surface area contributed by atoms with Crippen LogP contribution < -0.4 is 5.43 Å². The normalized spacial score (nSPS) is 16.3. The lowest BCUT2D eigenvalue weighted by molar-refractivity contribution is -0.139. The molecule has 0 aromatic carbocycles. The van der Waals surface area contributed by atoms with E-state index in [-0.39, 0.29) is 29.9 Å². The fourth-order valence-corrected chi connectivity index (χ4v) is 3.39. The number of rotatable bonds is 10. The number of unbranched alkanes of at least 4 members (excludes halogenated alkanes) is 2. The maximum Gasteiger partial charge on any atom is 0.347 e. The van der Waals surface area contributed by atoms with Gasteiger partial charge in [-0.15, -0.1) is 0 Å². The van der Waals surface area contributed by atoms with E-state index in [0.717, 1.165) is 36.6 Å². The Balaban J connectivity index is 1.84. The second-order valence-electron chi connectivity index (χ2n) is 7.58. The fourth-order valence-electron chi connectivity index (χ4n) is 3.39. The van der Waals surface area contributed by atoms with Crippen molar-refractivity contribution in [2.45, 2.75) is 52.5 Å². The number of hydrazine groups is 1. The quantitative estimate of drug-likeness (QED) is 0.197. The molecule has 2 aromatic rings. The average molecular weight is 427 g/mol. The van der Waals surface area contributed by atoms with Gasteiger partial charge in [-0.2, -0.15) is 0 Å². The van der Waals surface area contributed by atoms with Crippen molar-refractivity contribution in [3.63, 3.8) is 0 Å². The Morgan fingerprint density at radius 1 is 1.39 bits per heavy atom. The summed E-state index contributed by atoms with van der Waals surface area (Å²) in [6, 6.07) is 3.91. The van der Waals surface area contributed by atoms with Gasteiger partial charge in [-0.3, -0.25) is 10.2 Å². The number of aromatic amines is 1. The van der Waals surface area contributed by atoms with Gasteiger partial charge in [0, 0.05) is 36.4 Å². The molecule has 8 heteroatoms. The number of Topliss-reactive ketones (excluding diaryl/α,β-unsaturated/α-hetero) is 1. The van der Waals surface area contributed by atoms with Crippen molar-refractivity contribution in [1.29, 1.82) is 0 Å². The lowest BCUT2D eigenvalue weighted by Crippen LogP contribution is -2.41. The van der Waals surface area contributed by atoms with Crippen molar-refractivity contribution >= 4 is 28.9 Å². The van der Waals surface area contributed by atoms with E-state index in [9.17, 15) is 9.59 Å². The number of hydrogen-bond acceptors (Lipinski definition) is 7. The van der Waals surface area contributed by atoms with E-state index < -0.39 is 11.8 Å². The summed E-state index contributed by atoms with van der Waals surface area (Å²) >= 11 is 0. The molecule has 0 fully saturated rings. The van der Waals surface area contributed by atoms with Gasteiger partial charge in [0.1, 0.15) is 5.65 Å². The average Bonchev–Trinajstić information content (AvgIpc) is 3.29. The van der Waals surface area contributed by atoms with E-state index >= 15 is 0 Å². The van der Waals surface area contributed by atoms with Gasteiger partial charge in [0.15, 0.2) is 11.3 Å². The van der Waals surface area contributed by atoms with Crippen LogP contribution in [0.3, 0.4) is 0 Å². The topological polar surface area (TPSA) is 96.6 Å². The predicted octanol–water partition coefficient (Wildman–Crippen LogP) is 3.68. The summed E-state index contributed by atoms with van der Waals surface area (Å²) in [5.41, 5.74) is 4.41. The van der Waals surface area contributed by atoms with Gasteiger partial charge in [-0.1, -0.05) is 26.2 Å². The van der Waals surface area contributed by atoms with Crippen molar-refractivity contribution in [3.8, 4) is 0 Å². The second-order valence-corrected chi connectivity index (χ2v) is 7.58. The van der Waals surface area contributed by atoms with Crippen molar-refractivity contribution in [2.75, 3.05) is 13.7 Å². The third-order valence-corrected chi connectivity index (χ3v) is 5.30. The zero-order valence-corrected chi connectivity index (χ0v) is 18.5. The van der Waals surface area contributed by atoms with Crippen LogP contribution in [0.25, 0.3) is 17.1 Å². The molecule has 1 atom stereocenters. The number of aromatic nitrogens is 2. The zero-order chi connectivity index (χ0) is 22.4. The SMILES string of the molecule is CCCCCC(C)N(C)NC1=C(C(=O)OCC)C(=O)/C(=C/c2c[nH]c3ncccc23)O1. The fraction of sp³-hybridized carbons (Fsp3) is 0.435. The number of H-pyrrole nitrogens is 1. The van der Waals surface area contributed by atoms with Crippen LogP contribution in [0.2, 0.25) is 0 Å². The number of hydrogen-bond donors (Lipinski definition) is 2. The van der Waals surface area contributed by atoms with Crippen molar-refractivity contribution in [2.24, 2.45) is 0 Å². The number of fused-ring (bicyclic) bond motifs is 1. The molecule has 3 rings (SSSR count). The Hall–Kier alpha value is -3.13. The number of nitrogens with one attached hydrogen (secondary N) is 2. The van der Waals surface area contributed by atoms with Crippen LogP contribution in [0.1, 0.15) is 52.0 Å². The molecule has 166 valence electrons. The molecule has 0 saturated carbocycles. The van der Waals surface area contributed by atoms with Gasteiger partial charge >= 0.3 is 5.97 Å². The Morgan fingerprint density at radius 2 is 2.19 bits per heavy atom. The number of esters is 1. The number of carbonyl (C=O) groups excluding carboxylic acids is 2. The molecule has 3 heterocycles. The summed E-state index contributed by atoms with van der Waals surface area (Å²) < 4.78 is 10.9. The van der Waals surface area contributed by atoms with Crippen LogP contribution in [0.5, 0.6) is 0 Å². The number of pyridine rings is 1. The van der Waals surface area contributed by atoms with E-state index in [2.05, 4.69) is 29.2 Å². The molecule has 0 radical (unpaired) electrons. The molecule has 1 unspecified atom stereocenters. The molecular formula is C23H30N4O4. The van der Waals surface area contributed by atoms with E-state index in [4.69, 9.17) is 9.47 Å². The number of allylic oxidation sites excluding steroid dienone is 1. The van der Waals surface area contributed by atoms with Crippen LogP contribution in [0.4, 0.5) is 0 Å². The van der Waals surface area contributed by atoms with Crippen LogP contribution in [-0.4, -0.2) is 46.4 Å². The van der Waals surface area contributed by atoms with E-state index in [1.807, 2.05) is 24.2 Å². The standard InChI is InChI=1S/C23H30N4O4/c1-5-7-8-10-15(3)27(4)26-22-19(23(29)30-6-2)20(28)18(31-22)13-16-14-25-21-17(16)11-9-12-24-21/h9,11-15,26H,5-8,10H2,1-4H3,(H,24,25)/b18-13-. The third-order valence-electron chi connectivity index (χ3n) is 5.30. The Bertz CT molecular complexity index is 1010. The minimum absolute atomic E-state index is 0.0577. The Kier molecular flexibility index (Phi) is 7.46. The highest BCUT2D eigenvalue weighted by molar-refractivity contribution is 6.26. The molecule has 0 amide bonds. The van der Waals surface area contributed by atoms with Crippen molar-refractivity contribution in [3.05, 3.63) is 47.3 Å². The van der Waals surface area contributed by atoms with Crippen LogP contribution in [0, 0.1) is 0 Å². The largest absolute Gasteiger partial charge is 0.462 e. The first-order chi connectivity index (χ1) is 15.0. The smallest absolute Gasteiger partial charge is 0.347 e. The molecule has 8 nitrogen and oxygen atoms in total. The lowest BCUT2D eigenvalue weighted by Gasteiger charge is -2.26. The minimum Gasteiger partial charge on any atom is -0.462 e. The van der Waals surface area contributed by atoms with Gasteiger partial charge < -0.3 is 14.5 Å². The lowest BCUT2D eigenvalue weighted by atomic mass is 10.1. The van der Waals surface area contributed by atoms with Crippen LogP contribution in [-0.2, 0) is 19.1 Å². The van der Waals surface area contributed by atoms with Crippen LogP contribution >= 0.6 is 0 Å². The summed E-state index contributed by atoms with van der Waals surface area (Å²) in [6.07, 6.45) is 9.45. The Labute approximate surface area is 182 Å². The molecule has 1 aliphatic rings. The predicted molar refractivity (Wildman–Crippen MR) is 118 cm³/mol. The van der Waals surface area contributed by atoms with Crippen LogP contribution in [0.15, 0.2) is 41.7 Å². The van der Waals surface area contributed by atoms with E-state index in [1.165, 1.54) is 0 Å². The van der Waals surface area contributed by atoms with Gasteiger partial charge in [0.2, 0.25) is 11.7 Å². The number of nitrogens with zero attached hydrogens (tertiary/aromatic N) is 2. The molecule has 2 aromatic heterocycles. The van der Waals surface area contributed by atoms with E-state index in [0.29, 0.717) is 5.65 Å². The highest BCUT2D eigenvalue weighted by Crippen LogP contribution is 2.28. The first-order valence-electron chi connectivity index (χ1n) is 10.7. The maximum absolute atomic E-state index is 13.0. The van der Waals surface area contributed by atoms with Gasteiger partial charge in [0.05, 0.1) is 6.61 Å². The summed E-state index contributed by atoms with van der Waals surface area (Å²) in [5.74, 6) is -1.06. The molecule has 31 heavy (non-hydrogen) atoms. The number of ketones is 1. The third kappa shape index (κ3) is 5.14. The molecule has 2 N–H and O–H groups in total. The molecular weight excluding hydrogens is 396 g/mol. The summed E-state index contributed by atoms with van der Waals surface area (Å²) in [6.45, 7) is 6.11. The summed E-state index contributed by atoms with van der Waals surface area (Å²) in [7, 11) is 1.87. The second kappa shape index (κ2) is 10.3. The highest BCUT2D eigenvalue weighted by Gasteiger charge is 2.37. The number of carbonyl (C=O) groups is 2. The van der Waals surface area contributed by atoms with Crippen molar-refractivity contribution in [1.82, 2.24) is 20.4 Å². The molecule has 0 bridgehead atoms. The van der Waals surface area contributed by atoms with Gasteiger partial charge in [-0.25, -0.2) is 14.8 Å². The number of ether oxygens (including phenoxy) is 2. The minimum atomic E-state index is -0.703. The molecule has 0 saturated heterocycles. The zero-order valence-electron chi connectivity index (χ0n) is 18.5. The molecule has 1 aliphatic heterocycles. The first kappa shape index (κ1) is 22.6. The Morgan fingerprint density at radius 3 is 2.94 bits per heavy atom. The van der Waals surface area contributed by atoms with Gasteiger partial charge in [-0.05, 0) is 38.5 Å². The summed E-state index contributed by atoms with van der Waals surface area (Å²) in [4.78, 5) is 32.8. The van der Waals surface area contributed by atoms with Crippen molar-refractivity contribution < 1.29 is 19.1 Å².